The second-order valence-electron chi connectivity index (χ2n) is 7.14. The van der Waals surface area contributed by atoms with Crippen LogP contribution in [0.25, 0.3) is 11.0 Å². The smallest absolute Gasteiger partial charge is 0.212 e. The Kier molecular flexibility index (Phi) is 3.78. The summed E-state index contributed by atoms with van der Waals surface area (Å²) in [6.45, 7) is 1.28. The van der Waals surface area contributed by atoms with Crippen LogP contribution in [0, 0.1) is 0 Å². The van der Waals surface area contributed by atoms with Gasteiger partial charge in [-0.05, 0) is 17.7 Å². The molecule has 3 N–H and O–H groups in total. The summed E-state index contributed by atoms with van der Waals surface area (Å²) in [7, 11) is 4.04. The first-order valence-corrected chi connectivity index (χ1v) is 9.29. The normalized spacial score (nSPS) is 18.1. The van der Waals surface area contributed by atoms with Crippen LogP contribution in [-0.2, 0) is 0 Å². The van der Waals surface area contributed by atoms with Crippen molar-refractivity contribution in [3.8, 4) is 11.5 Å². The SMILES string of the molecule is CN(C)c1ccc([C@H]2N=C(N)Nc3nc4cc5c(cc4n32)OCCCO5)cc1. The fourth-order valence-corrected chi connectivity index (χ4v) is 3.59. The lowest BCUT2D eigenvalue weighted by molar-refractivity contribution is 0.297. The lowest BCUT2D eigenvalue weighted by Crippen LogP contribution is -2.31. The summed E-state index contributed by atoms with van der Waals surface area (Å²) in [6.07, 6.45) is 0.558. The third-order valence-corrected chi connectivity index (χ3v) is 5.01. The first kappa shape index (κ1) is 16.7. The van der Waals surface area contributed by atoms with Crippen molar-refractivity contribution in [3.05, 3.63) is 42.0 Å². The van der Waals surface area contributed by atoms with Crippen LogP contribution in [0.4, 0.5) is 11.6 Å². The summed E-state index contributed by atoms with van der Waals surface area (Å²) in [5, 5.41) is 3.07. The molecule has 28 heavy (non-hydrogen) atoms. The van der Waals surface area contributed by atoms with Gasteiger partial charge in [-0.15, -0.1) is 0 Å². The molecular weight excluding hydrogens is 356 g/mol. The van der Waals surface area contributed by atoms with Crippen LogP contribution < -0.4 is 25.4 Å². The maximum atomic E-state index is 6.05. The number of aromatic nitrogens is 2. The van der Waals surface area contributed by atoms with Gasteiger partial charge < -0.3 is 20.1 Å². The van der Waals surface area contributed by atoms with E-state index in [0.717, 1.165) is 40.2 Å². The number of nitrogens with zero attached hydrogens (tertiary/aromatic N) is 4. The van der Waals surface area contributed by atoms with Gasteiger partial charge in [0, 0.05) is 38.3 Å². The highest BCUT2D eigenvalue weighted by Crippen LogP contribution is 2.39. The number of nitrogens with one attached hydrogen (secondary N) is 1. The molecule has 0 unspecified atom stereocenters. The molecule has 5 rings (SSSR count). The molecule has 0 saturated heterocycles. The van der Waals surface area contributed by atoms with E-state index in [2.05, 4.69) is 39.5 Å². The Hall–Kier alpha value is -3.42. The van der Waals surface area contributed by atoms with E-state index in [0.29, 0.717) is 25.1 Å². The zero-order chi connectivity index (χ0) is 19.3. The van der Waals surface area contributed by atoms with E-state index in [1.54, 1.807) is 0 Å². The molecule has 2 aliphatic heterocycles. The number of hydrogen-bond acceptors (Lipinski definition) is 7. The highest BCUT2D eigenvalue weighted by molar-refractivity contribution is 5.95. The van der Waals surface area contributed by atoms with Gasteiger partial charge in [-0.2, -0.15) is 0 Å². The average molecular weight is 378 g/mol. The maximum Gasteiger partial charge on any atom is 0.212 e. The van der Waals surface area contributed by atoms with E-state index in [9.17, 15) is 0 Å². The maximum absolute atomic E-state index is 6.05. The second-order valence-corrected chi connectivity index (χ2v) is 7.14. The van der Waals surface area contributed by atoms with Crippen LogP contribution in [0.1, 0.15) is 18.2 Å². The molecule has 1 aromatic heterocycles. The molecule has 0 radical (unpaired) electrons. The minimum absolute atomic E-state index is 0.304. The molecule has 3 aromatic rings. The molecule has 0 amide bonds. The van der Waals surface area contributed by atoms with Gasteiger partial charge in [0.2, 0.25) is 5.95 Å². The van der Waals surface area contributed by atoms with Gasteiger partial charge in [-0.25, -0.2) is 9.98 Å². The highest BCUT2D eigenvalue weighted by Gasteiger charge is 2.27. The van der Waals surface area contributed by atoms with E-state index < -0.39 is 0 Å². The van der Waals surface area contributed by atoms with E-state index in [1.165, 1.54) is 0 Å². The molecule has 0 saturated carbocycles. The number of rotatable bonds is 2. The van der Waals surface area contributed by atoms with Crippen LogP contribution in [-0.4, -0.2) is 42.8 Å². The predicted octanol–water partition coefficient (Wildman–Crippen LogP) is 2.55. The topological polar surface area (TPSA) is 89.9 Å². The van der Waals surface area contributed by atoms with Crippen molar-refractivity contribution in [3.63, 3.8) is 0 Å². The standard InChI is InChI=1S/C20H22N6O2/c1-25(2)13-6-4-12(5-7-13)18-23-19(21)24-20-22-14-10-16-17(11-15(14)26(18)20)28-9-3-8-27-16/h4-7,10-11,18H,3,8-9H2,1-2H3,(H3,21,22,23,24)/t18-/m0/s1. The Morgan fingerprint density at radius 3 is 2.54 bits per heavy atom. The molecule has 2 aromatic carbocycles. The van der Waals surface area contributed by atoms with E-state index in [1.807, 2.05) is 30.8 Å². The third kappa shape index (κ3) is 2.69. The van der Waals surface area contributed by atoms with Crippen LogP contribution in [0.2, 0.25) is 0 Å². The summed E-state index contributed by atoms with van der Waals surface area (Å²) >= 11 is 0. The second kappa shape index (κ2) is 6.33. The van der Waals surface area contributed by atoms with Gasteiger partial charge in [0.05, 0.1) is 24.2 Å². The highest BCUT2D eigenvalue weighted by atomic mass is 16.5. The van der Waals surface area contributed by atoms with Crippen molar-refractivity contribution in [1.82, 2.24) is 9.55 Å². The Morgan fingerprint density at radius 2 is 1.82 bits per heavy atom. The largest absolute Gasteiger partial charge is 0.489 e. The van der Waals surface area contributed by atoms with Gasteiger partial charge in [0.1, 0.15) is 0 Å². The van der Waals surface area contributed by atoms with Gasteiger partial charge >= 0.3 is 0 Å². The number of aliphatic imine (C=N–C) groups is 1. The van der Waals surface area contributed by atoms with Crippen LogP contribution >= 0.6 is 0 Å². The molecule has 0 aliphatic carbocycles. The first-order chi connectivity index (χ1) is 13.6. The van der Waals surface area contributed by atoms with E-state index in [4.69, 9.17) is 20.2 Å². The lowest BCUT2D eigenvalue weighted by Gasteiger charge is -2.24. The van der Waals surface area contributed by atoms with Gasteiger partial charge in [0.15, 0.2) is 23.6 Å². The summed E-state index contributed by atoms with van der Waals surface area (Å²) in [4.78, 5) is 11.4. The van der Waals surface area contributed by atoms with Crippen molar-refractivity contribution in [2.45, 2.75) is 12.6 Å². The fraction of sp³-hybridized carbons (Fsp3) is 0.300. The number of anilines is 2. The van der Waals surface area contributed by atoms with Crippen LogP contribution in [0.5, 0.6) is 11.5 Å². The van der Waals surface area contributed by atoms with Gasteiger partial charge in [0.25, 0.3) is 0 Å². The molecule has 3 heterocycles. The summed E-state index contributed by atoms with van der Waals surface area (Å²) in [5.74, 6) is 2.46. The van der Waals surface area contributed by atoms with Crippen LogP contribution in [0.15, 0.2) is 41.4 Å². The van der Waals surface area contributed by atoms with Crippen molar-refractivity contribution in [2.24, 2.45) is 10.7 Å². The zero-order valence-electron chi connectivity index (χ0n) is 15.8. The Bertz CT molecular complexity index is 1070. The summed E-state index contributed by atoms with van der Waals surface area (Å²) < 4.78 is 13.7. The minimum atomic E-state index is -0.304. The van der Waals surface area contributed by atoms with Crippen molar-refractivity contribution in [2.75, 3.05) is 37.5 Å². The van der Waals surface area contributed by atoms with Crippen molar-refractivity contribution in [1.29, 1.82) is 0 Å². The predicted molar refractivity (Wildman–Crippen MR) is 109 cm³/mol. The molecule has 2 aliphatic rings. The molecule has 0 spiro atoms. The van der Waals surface area contributed by atoms with Crippen molar-refractivity contribution < 1.29 is 9.47 Å². The Balaban J connectivity index is 1.65. The minimum Gasteiger partial charge on any atom is -0.489 e. The number of nitrogens with two attached hydrogens (primary N) is 1. The number of guanidine groups is 1. The molecule has 0 fully saturated rings. The third-order valence-electron chi connectivity index (χ3n) is 5.01. The lowest BCUT2D eigenvalue weighted by atomic mass is 10.1. The van der Waals surface area contributed by atoms with Crippen molar-refractivity contribution >= 4 is 28.6 Å². The first-order valence-electron chi connectivity index (χ1n) is 9.29. The number of fused-ring (bicyclic) bond motifs is 4. The Labute approximate surface area is 162 Å². The number of hydrogen-bond donors (Lipinski definition) is 2. The summed E-state index contributed by atoms with van der Waals surface area (Å²) in [6, 6.07) is 12.2. The Morgan fingerprint density at radius 1 is 1.11 bits per heavy atom. The molecule has 8 heteroatoms. The molecule has 144 valence electrons. The van der Waals surface area contributed by atoms with E-state index in [-0.39, 0.29) is 6.17 Å². The molecule has 8 nitrogen and oxygen atoms in total. The van der Waals surface area contributed by atoms with Gasteiger partial charge in [-0.1, -0.05) is 12.1 Å². The zero-order valence-corrected chi connectivity index (χ0v) is 15.8. The molecule has 0 bridgehead atoms. The van der Waals surface area contributed by atoms with Crippen LogP contribution in [0.3, 0.4) is 0 Å². The molecular formula is C20H22N6O2. The number of ether oxygens (including phenoxy) is 2. The number of benzene rings is 2. The average Bonchev–Trinajstić information content (AvgIpc) is 2.87. The fourth-order valence-electron chi connectivity index (χ4n) is 3.59. The molecule has 1 atom stereocenters. The summed E-state index contributed by atoms with van der Waals surface area (Å²) in [5.41, 5.74) is 9.94. The van der Waals surface area contributed by atoms with E-state index >= 15 is 0 Å². The quantitative estimate of drug-likeness (QED) is 0.712. The number of imidazole rings is 1. The van der Waals surface area contributed by atoms with Gasteiger partial charge in [-0.3, -0.25) is 9.88 Å². The monoisotopic (exact) mass is 378 g/mol.